The molecule has 1 fully saturated rings. The third kappa shape index (κ3) is 3.92. The molecule has 3 aromatic rings. The van der Waals surface area contributed by atoms with E-state index in [4.69, 9.17) is 9.47 Å². The van der Waals surface area contributed by atoms with Crippen LogP contribution in [0.2, 0.25) is 0 Å². The summed E-state index contributed by atoms with van der Waals surface area (Å²) in [4.78, 5) is 17.4. The molecule has 0 unspecified atom stereocenters. The van der Waals surface area contributed by atoms with Crippen LogP contribution in [0.1, 0.15) is 28.2 Å². The van der Waals surface area contributed by atoms with Crippen molar-refractivity contribution in [1.82, 2.24) is 10.3 Å². The molecular formula is C27H23F5N2O5. The predicted octanol–water partition coefficient (Wildman–Crippen LogP) is 3.74. The molecule has 5 rings (SSSR count). The lowest BCUT2D eigenvalue weighted by atomic mass is 9.70. The van der Waals surface area contributed by atoms with Crippen LogP contribution in [0, 0.1) is 5.92 Å². The predicted molar refractivity (Wildman–Crippen MR) is 126 cm³/mol. The second kappa shape index (κ2) is 9.45. The highest BCUT2D eigenvalue weighted by atomic mass is 19.4. The number of fused-ring (bicyclic) bond motifs is 3. The van der Waals surface area contributed by atoms with Crippen LogP contribution in [0.5, 0.6) is 11.5 Å². The van der Waals surface area contributed by atoms with E-state index in [-0.39, 0.29) is 22.6 Å². The zero-order valence-corrected chi connectivity index (χ0v) is 20.3. The summed E-state index contributed by atoms with van der Waals surface area (Å²) in [6.45, 7) is -1.01. The SMILES string of the molecule is COc1cncc2c1[C@]1(O)[C@H](O)[C@H](C(=O)NCC(F)F)[C@@H](c3ccccc3)[C@]1(c1ccc(C(F)(F)F)cc1)O2. The van der Waals surface area contributed by atoms with Gasteiger partial charge in [0.2, 0.25) is 5.91 Å². The summed E-state index contributed by atoms with van der Waals surface area (Å²) >= 11 is 0. The van der Waals surface area contributed by atoms with Gasteiger partial charge in [-0.05, 0) is 23.3 Å². The number of rotatable bonds is 6. The van der Waals surface area contributed by atoms with Gasteiger partial charge in [0.25, 0.3) is 6.43 Å². The Morgan fingerprint density at radius 3 is 2.38 bits per heavy atom. The molecule has 0 radical (unpaired) electrons. The second-order valence-corrected chi connectivity index (χ2v) is 9.39. The molecule has 1 saturated carbocycles. The Kier molecular flexibility index (Phi) is 6.50. The maximum atomic E-state index is 13.4. The van der Waals surface area contributed by atoms with Gasteiger partial charge in [0.15, 0.2) is 11.2 Å². The van der Waals surface area contributed by atoms with Crippen LogP contribution < -0.4 is 14.8 Å². The van der Waals surface area contributed by atoms with Crippen LogP contribution in [0.25, 0.3) is 0 Å². The number of carbonyl (C=O) groups is 1. The number of aliphatic hydroxyl groups excluding tert-OH is 1. The number of aliphatic hydroxyl groups is 2. The van der Waals surface area contributed by atoms with Crippen LogP contribution >= 0.6 is 0 Å². The monoisotopic (exact) mass is 550 g/mol. The van der Waals surface area contributed by atoms with Gasteiger partial charge in [0, 0.05) is 5.92 Å². The molecule has 1 aliphatic carbocycles. The molecule has 3 N–H and O–H groups in total. The molecule has 0 saturated heterocycles. The van der Waals surface area contributed by atoms with E-state index in [2.05, 4.69) is 10.3 Å². The molecule has 1 aromatic heterocycles. The van der Waals surface area contributed by atoms with Crippen molar-refractivity contribution >= 4 is 5.91 Å². The van der Waals surface area contributed by atoms with E-state index in [1.807, 2.05) is 0 Å². The second-order valence-electron chi connectivity index (χ2n) is 9.39. The van der Waals surface area contributed by atoms with Crippen molar-refractivity contribution in [1.29, 1.82) is 0 Å². The number of hydrogen-bond donors (Lipinski definition) is 3. The summed E-state index contributed by atoms with van der Waals surface area (Å²) in [7, 11) is 1.28. The number of methoxy groups -OCH3 is 1. The first-order chi connectivity index (χ1) is 18.5. The molecule has 39 heavy (non-hydrogen) atoms. The Bertz CT molecular complexity index is 1370. The van der Waals surface area contributed by atoms with Crippen molar-refractivity contribution in [3.05, 3.63) is 89.2 Å². The number of pyridine rings is 1. The van der Waals surface area contributed by atoms with E-state index in [1.165, 1.54) is 19.5 Å². The number of alkyl halides is 5. The third-order valence-corrected chi connectivity index (χ3v) is 7.41. The molecule has 206 valence electrons. The molecule has 0 spiro atoms. The van der Waals surface area contributed by atoms with Crippen LogP contribution in [0.15, 0.2) is 67.0 Å². The Balaban J connectivity index is 1.81. The first-order valence-electron chi connectivity index (χ1n) is 11.9. The fourth-order valence-electron chi connectivity index (χ4n) is 5.89. The zero-order valence-electron chi connectivity index (χ0n) is 20.3. The van der Waals surface area contributed by atoms with Gasteiger partial charge in [-0.25, -0.2) is 8.78 Å². The number of nitrogens with one attached hydrogen (secondary N) is 1. The lowest BCUT2D eigenvalue weighted by Crippen LogP contribution is -2.52. The summed E-state index contributed by atoms with van der Waals surface area (Å²) in [6.07, 6.45) is -7.03. The minimum Gasteiger partial charge on any atom is -0.495 e. The van der Waals surface area contributed by atoms with E-state index in [0.29, 0.717) is 5.56 Å². The molecule has 2 aliphatic rings. The highest BCUT2D eigenvalue weighted by Crippen LogP contribution is 2.69. The maximum absolute atomic E-state index is 13.4. The molecule has 7 nitrogen and oxygen atoms in total. The molecule has 1 amide bonds. The molecule has 2 heterocycles. The van der Waals surface area contributed by atoms with Crippen molar-refractivity contribution in [2.75, 3.05) is 13.7 Å². The van der Waals surface area contributed by atoms with Gasteiger partial charge in [-0.1, -0.05) is 42.5 Å². The maximum Gasteiger partial charge on any atom is 0.416 e. The van der Waals surface area contributed by atoms with E-state index < -0.39 is 59.8 Å². The zero-order chi connectivity index (χ0) is 28.2. The number of halogens is 5. The molecule has 5 atom stereocenters. The largest absolute Gasteiger partial charge is 0.495 e. The van der Waals surface area contributed by atoms with E-state index in [1.54, 1.807) is 30.3 Å². The molecule has 12 heteroatoms. The fourth-order valence-corrected chi connectivity index (χ4v) is 5.89. The minimum absolute atomic E-state index is 0.00770. The topological polar surface area (TPSA) is 101 Å². The lowest BCUT2D eigenvalue weighted by Gasteiger charge is -2.40. The number of carbonyl (C=O) groups excluding carboxylic acids is 1. The first kappa shape index (κ1) is 26.8. The van der Waals surface area contributed by atoms with Gasteiger partial charge in [-0.15, -0.1) is 0 Å². The van der Waals surface area contributed by atoms with Crippen LogP contribution in [0.3, 0.4) is 0 Å². The fraction of sp³-hybridized carbons (Fsp3) is 0.333. The summed E-state index contributed by atoms with van der Waals surface area (Å²) in [5, 5.41) is 26.3. The Morgan fingerprint density at radius 1 is 1.13 bits per heavy atom. The smallest absolute Gasteiger partial charge is 0.416 e. The standard InChI is InChI=1S/C27H23F5N2O5/c1-38-17-11-33-12-18-22(17)25(37)23(35)20(24(36)34-13-19(28)29)21(14-5-3-2-4-6-14)26(25,39-18)15-7-9-16(10-8-15)27(30,31)32/h2-12,19-21,23,35,37H,13H2,1H3,(H,34,36)/t20-,21-,23-,25+,26+/m1/s1. The van der Waals surface area contributed by atoms with Gasteiger partial charge in [-0.2, -0.15) is 13.2 Å². The average molecular weight is 550 g/mol. The van der Waals surface area contributed by atoms with Crippen molar-refractivity contribution < 1.29 is 46.4 Å². The van der Waals surface area contributed by atoms with Gasteiger partial charge >= 0.3 is 6.18 Å². The van der Waals surface area contributed by atoms with E-state index >= 15 is 0 Å². The third-order valence-electron chi connectivity index (χ3n) is 7.41. The Morgan fingerprint density at radius 2 is 1.79 bits per heavy atom. The number of nitrogens with zero attached hydrogens (tertiary/aromatic N) is 1. The molecule has 2 aromatic carbocycles. The van der Waals surface area contributed by atoms with Crippen molar-refractivity contribution in [2.24, 2.45) is 5.92 Å². The van der Waals surface area contributed by atoms with Gasteiger partial charge in [0.05, 0.1) is 43.1 Å². The summed E-state index contributed by atoms with van der Waals surface area (Å²) in [6, 6.07) is 11.9. The molecule has 0 bridgehead atoms. The van der Waals surface area contributed by atoms with Crippen LogP contribution in [-0.2, 0) is 22.2 Å². The summed E-state index contributed by atoms with van der Waals surface area (Å²) in [5.41, 5.74) is -5.25. The van der Waals surface area contributed by atoms with E-state index in [0.717, 1.165) is 24.3 Å². The van der Waals surface area contributed by atoms with Crippen molar-refractivity contribution in [3.8, 4) is 11.5 Å². The number of aromatic nitrogens is 1. The Labute approximate surface area is 219 Å². The molecule has 1 aliphatic heterocycles. The minimum atomic E-state index is -4.66. The van der Waals surface area contributed by atoms with Crippen molar-refractivity contribution in [3.63, 3.8) is 0 Å². The highest BCUT2D eigenvalue weighted by Gasteiger charge is 2.78. The summed E-state index contributed by atoms with van der Waals surface area (Å²) < 4.78 is 78.0. The number of amides is 1. The average Bonchev–Trinajstić information content (AvgIpc) is 3.30. The van der Waals surface area contributed by atoms with Gasteiger partial charge in [-0.3, -0.25) is 9.78 Å². The first-order valence-corrected chi connectivity index (χ1v) is 11.9. The van der Waals surface area contributed by atoms with Gasteiger partial charge in [0.1, 0.15) is 17.6 Å². The van der Waals surface area contributed by atoms with E-state index in [9.17, 15) is 37.0 Å². The molecular weight excluding hydrogens is 527 g/mol. The number of benzene rings is 2. The van der Waals surface area contributed by atoms with Crippen LogP contribution in [-0.4, -0.2) is 47.3 Å². The summed E-state index contributed by atoms with van der Waals surface area (Å²) in [5.74, 6) is -3.86. The normalized spacial score (nSPS) is 27.6. The number of hydrogen-bond acceptors (Lipinski definition) is 6. The quantitative estimate of drug-likeness (QED) is 0.405. The highest BCUT2D eigenvalue weighted by molar-refractivity contribution is 5.83. The Hall–Kier alpha value is -3.77. The van der Waals surface area contributed by atoms with Crippen molar-refractivity contribution in [2.45, 2.75) is 35.8 Å². The van der Waals surface area contributed by atoms with Gasteiger partial charge < -0.3 is 25.0 Å². The van der Waals surface area contributed by atoms with Crippen LogP contribution in [0.4, 0.5) is 22.0 Å². The lowest BCUT2D eigenvalue weighted by molar-refractivity contribution is -0.155. The number of ether oxygens (including phenoxy) is 2.